The first-order valence-electron chi connectivity index (χ1n) is 6.38. The maximum Gasteiger partial charge on any atom is 0.198 e. The van der Waals surface area contributed by atoms with Crippen LogP contribution < -0.4 is 11.1 Å². The second-order valence-corrected chi connectivity index (χ2v) is 4.75. The zero-order valence-electron chi connectivity index (χ0n) is 11.4. The van der Waals surface area contributed by atoms with Crippen LogP contribution in [0.2, 0.25) is 0 Å². The first-order valence-corrected chi connectivity index (χ1v) is 7.32. The molecule has 0 radical (unpaired) electrons. The molecule has 0 fully saturated rings. The van der Waals surface area contributed by atoms with Gasteiger partial charge in [-0.1, -0.05) is 36.4 Å². The van der Waals surface area contributed by atoms with Crippen molar-refractivity contribution in [2.24, 2.45) is 10.7 Å². The molecule has 3 N–H and O–H groups in total. The van der Waals surface area contributed by atoms with Crippen LogP contribution in [0.3, 0.4) is 0 Å². The van der Waals surface area contributed by atoms with Crippen molar-refractivity contribution in [3.63, 3.8) is 0 Å². The topological polar surface area (TPSA) is 63.3 Å². The molecule has 106 valence electrons. The molecule has 0 aliphatic heterocycles. The molecule has 0 atom stereocenters. The van der Waals surface area contributed by atoms with Gasteiger partial charge in [0.15, 0.2) is 5.96 Å². The molecule has 0 unspecified atom stereocenters. The Morgan fingerprint density at radius 1 is 1.00 bits per heavy atom. The molecule has 0 aliphatic rings. The normalized spacial score (nSPS) is 10.4. The fraction of sp³-hybridized carbons (Fsp3) is 0. The third kappa shape index (κ3) is 5.88. The molecular weight excluding hydrogens is 280 g/mol. The Morgan fingerprint density at radius 2 is 1.67 bits per heavy atom. The van der Waals surface area contributed by atoms with Gasteiger partial charge in [-0.15, -0.1) is 11.3 Å². The number of para-hydroxylation sites is 2. The van der Waals surface area contributed by atoms with E-state index < -0.39 is 0 Å². The third-order valence-electron chi connectivity index (χ3n) is 2.40. The lowest BCUT2D eigenvalue weighted by molar-refractivity contribution is 1.43. The minimum absolute atomic E-state index is 0.386. The summed E-state index contributed by atoms with van der Waals surface area (Å²) in [5.74, 6) is 0.386. The summed E-state index contributed by atoms with van der Waals surface area (Å²) >= 11 is 1.60. The van der Waals surface area contributed by atoms with Gasteiger partial charge in [0.25, 0.3) is 0 Å². The molecule has 1 aromatic heterocycles. The van der Waals surface area contributed by atoms with Gasteiger partial charge in [0.1, 0.15) is 0 Å². The highest BCUT2D eigenvalue weighted by Gasteiger charge is 1.93. The summed E-state index contributed by atoms with van der Waals surface area (Å²) in [4.78, 5) is 7.98. The summed E-state index contributed by atoms with van der Waals surface area (Å²) in [6, 6.07) is 19.3. The second kappa shape index (κ2) is 8.50. The summed E-state index contributed by atoms with van der Waals surface area (Å²) in [6.45, 7) is 0. The van der Waals surface area contributed by atoms with Crippen molar-refractivity contribution in [1.82, 2.24) is 4.98 Å². The van der Waals surface area contributed by atoms with Crippen molar-refractivity contribution in [2.45, 2.75) is 0 Å². The van der Waals surface area contributed by atoms with Gasteiger partial charge in [0, 0.05) is 17.3 Å². The van der Waals surface area contributed by atoms with E-state index in [2.05, 4.69) is 15.3 Å². The van der Waals surface area contributed by atoms with Gasteiger partial charge in [-0.3, -0.25) is 4.98 Å². The summed E-state index contributed by atoms with van der Waals surface area (Å²) in [5.41, 5.74) is 9.34. The van der Waals surface area contributed by atoms with Crippen molar-refractivity contribution in [1.29, 1.82) is 0 Å². The van der Waals surface area contributed by atoms with Crippen molar-refractivity contribution in [3.8, 4) is 0 Å². The maximum atomic E-state index is 5.78. The van der Waals surface area contributed by atoms with Crippen LogP contribution in [-0.2, 0) is 0 Å². The number of anilines is 1. The number of nitrogens with zero attached hydrogens (tertiary/aromatic N) is 2. The van der Waals surface area contributed by atoms with Gasteiger partial charge in [-0.25, -0.2) is 4.99 Å². The Labute approximate surface area is 128 Å². The first-order chi connectivity index (χ1) is 10.3. The average Bonchev–Trinajstić information content (AvgIpc) is 3.09. The van der Waals surface area contributed by atoms with E-state index in [1.807, 2.05) is 66.0 Å². The Balaban J connectivity index is 0.000000272. The molecule has 21 heavy (non-hydrogen) atoms. The zero-order valence-corrected chi connectivity index (χ0v) is 12.2. The first kappa shape index (κ1) is 14.7. The highest BCUT2D eigenvalue weighted by atomic mass is 32.1. The van der Waals surface area contributed by atoms with Crippen molar-refractivity contribution >= 4 is 28.7 Å². The predicted molar refractivity (Wildman–Crippen MR) is 89.9 cm³/mol. The quantitative estimate of drug-likeness (QED) is 0.557. The smallest absolute Gasteiger partial charge is 0.198 e. The van der Waals surface area contributed by atoms with E-state index in [4.69, 9.17) is 5.73 Å². The summed E-state index contributed by atoms with van der Waals surface area (Å²) in [5, 5.41) is 4.95. The van der Waals surface area contributed by atoms with Crippen LogP contribution in [0.5, 0.6) is 0 Å². The highest BCUT2D eigenvalue weighted by Crippen LogP contribution is 2.10. The van der Waals surface area contributed by atoms with Crippen molar-refractivity contribution < 1.29 is 0 Å². The highest BCUT2D eigenvalue weighted by molar-refractivity contribution is 7.07. The van der Waals surface area contributed by atoms with Crippen molar-refractivity contribution in [2.75, 3.05) is 5.32 Å². The largest absolute Gasteiger partial charge is 0.369 e. The Hall–Kier alpha value is -2.66. The average molecular weight is 296 g/mol. The van der Waals surface area contributed by atoms with E-state index in [0.717, 1.165) is 11.4 Å². The second-order valence-electron chi connectivity index (χ2n) is 4.00. The molecule has 0 amide bonds. The lowest BCUT2D eigenvalue weighted by Gasteiger charge is -2.04. The SMILES string of the molecule is NC(=Nc1ccccc1)Nc1ccccc1.c1cscn1. The lowest BCUT2D eigenvalue weighted by Crippen LogP contribution is -2.21. The van der Waals surface area contributed by atoms with Gasteiger partial charge in [0.05, 0.1) is 11.2 Å². The fourth-order valence-corrected chi connectivity index (χ4v) is 1.87. The maximum absolute atomic E-state index is 5.78. The number of benzene rings is 2. The van der Waals surface area contributed by atoms with Crippen LogP contribution >= 0.6 is 11.3 Å². The number of nitrogens with one attached hydrogen (secondary N) is 1. The van der Waals surface area contributed by atoms with Gasteiger partial charge >= 0.3 is 0 Å². The minimum Gasteiger partial charge on any atom is -0.369 e. The molecule has 3 rings (SSSR count). The van der Waals surface area contributed by atoms with Gasteiger partial charge in [0.2, 0.25) is 0 Å². The number of aliphatic imine (C=N–C) groups is 1. The van der Waals surface area contributed by atoms with E-state index >= 15 is 0 Å². The summed E-state index contributed by atoms with van der Waals surface area (Å²) < 4.78 is 0. The Kier molecular flexibility index (Phi) is 5.97. The monoisotopic (exact) mass is 296 g/mol. The van der Waals surface area contributed by atoms with E-state index in [1.165, 1.54) is 0 Å². The van der Waals surface area contributed by atoms with E-state index in [1.54, 1.807) is 23.0 Å². The van der Waals surface area contributed by atoms with Crippen molar-refractivity contribution in [3.05, 3.63) is 77.8 Å². The van der Waals surface area contributed by atoms with Crippen LogP contribution in [0.25, 0.3) is 0 Å². The molecule has 3 aromatic rings. The number of hydrogen-bond donors (Lipinski definition) is 2. The molecular formula is C16H16N4S. The number of nitrogens with two attached hydrogens (primary N) is 1. The molecule has 5 heteroatoms. The van der Waals surface area contributed by atoms with Crippen LogP contribution in [0.15, 0.2) is 82.7 Å². The van der Waals surface area contributed by atoms with Crippen LogP contribution in [0.1, 0.15) is 0 Å². The standard InChI is InChI=1S/C13H13N3.C3H3NS/c14-13(15-11-7-3-1-4-8-11)16-12-9-5-2-6-10-12;1-2-5-3-4-1/h1-10H,(H3,14,15,16);1-3H. The number of aromatic nitrogens is 1. The molecule has 1 heterocycles. The lowest BCUT2D eigenvalue weighted by atomic mass is 10.3. The molecule has 0 bridgehead atoms. The van der Waals surface area contributed by atoms with E-state index in [-0.39, 0.29) is 0 Å². The molecule has 0 aliphatic carbocycles. The number of guanidine groups is 1. The molecule has 0 saturated carbocycles. The van der Waals surface area contributed by atoms with E-state index in [9.17, 15) is 0 Å². The zero-order chi connectivity index (χ0) is 14.8. The van der Waals surface area contributed by atoms with Gasteiger partial charge in [-0.2, -0.15) is 0 Å². The predicted octanol–water partition coefficient (Wildman–Crippen LogP) is 3.89. The Bertz CT molecular complexity index is 619. The molecule has 4 nitrogen and oxygen atoms in total. The van der Waals surface area contributed by atoms with Crippen LogP contribution in [0.4, 0.5) is 11.4 Å². The molecule has 2 aromatic carbocycles. The third-order valence-corrected chi connectivity index (χ3v) is 2.92. The van der Waals surface area contributed by atoms with E-state index in [0.29, 0.717) is 5.96 Å². The fourth-order valence-electron chi connectivity index (χ4n) is 1.51. The van der Waals surface area contributed by atoms with Crippen LogP contribution in [-0.4, -0.2) is 10.9 Å². The number of rotatable bonds is 2. The molecule has 0 saturated heterocycles. The minimum atomic E-state index is 0.386. The number of thiazole rings is 1. The van der Waals surface area contributed by atoms with Gasteiger partial charge in [-0.05, 0) is 24.3 Å². The summed E-state index contributed by atoms with van der Waals surface area (Å²) in [7, 11) is 0. The summed E-state index contributed by atoms with van der Waals surface area (Å²) in [6.07, 6.45) is 1.77. The molecule has 0 spiro atoms. The Morgan fingerprint density at radius 3 is 2.19 bits per heavy atom. The number of hydrogen-bond acceptors (Lipinski definition) is 3. The van der Waals surface area contributed by atoms with Gasteiger partial charge < -0.3 is 11.1 Å². The van der Waals surface area contributed by atoms with Crippen LogP contribution in [0, 0.1) is 0 Å².